The highest BCUT2D eigenvalue weighted by molar-refractivity contribution is 6.31. The summed E-state index contributed by atoms with van der Waals surface area (Å²) in [4.78, 5) is 29.4. The summed E-state index contributed by atoms with van der Waals surface area (Å²) in [6.45, 7) is 1.36. The number of benzene rings is 1. The Morgan fingerprint density at radius 3 is 2.96 bits per heavy atom. The maximum absolute atomic E-state index is 13.0. The normalized spacial score (nSPS) is 14.0. The average Bonchev–Trinajstić information content (AvgIpc) is 2.94. The van der Waals surface area contributed by atoms with Crippen LogP contribution in [0, 0.1) is 0 Å². The number of rotatable bonds is 5. The molecule has 0 radical (unpaired) electrons. The van der Waals surface area contributed by atoms with Crippen molar-refractivity contribution in [3.8, 4) is 5.69 Å². The predicted molar refractivity (Wildman–Crippen MR) is 105 cm³/mol. The van der Waals surface area contributed by atoms with Gasteiger partial charge in [0.25, 0.3) is 5.56 Å². The molecule has 0 spiro atoms. The van der Waals surface area contributed by atoms with Crippen LogP contribution in [-0.2, 0) is 4.84 Å². The number of nitrogens with zero attached hydrogens (tertiary/aromatic N) is 5. The van der Waals surface area contributed by atoms with Crippen LogP contribution in [0.15, 0.2) is 46.5 Å². The minimum atomic E-state index is -0.190. The summed E-state index contributed by atoms with van der Waals surface area (Å²) in [5.41, 5.74) is 2.09. The summed E-state index contributed by atoms with van der Waals surface area (Å²) in [7, 11) is 4.01. The van der Waals surface area contributed by atoms with Gasteiger partial charge in [-0.25, -0.2) is 9.97 Å². The van der Waals surface area contributed by atoms with Crippen LogP contribution in [0.25, 0.3) is 16.7 Å². The first kappa shape index (κ1) is 17.6. The van der Waals surface area contributed by atoms with E-state index in [1.165, 1.54) is 4.57 Å². The maximum atomic E-state index is 13.0. The third-order valence-corrected chi connectivity index (χ3v) is 4.54. The Labute approximate surface area is 160 Å². The summed E-state index contributed by atoms with van der Waals surface area (Å²) in [5, 5.41) is 5.29. The highest BCUT2D eigenvalue weighted by Gasteiger charge is 2.30. The van der Waals surface area contributed by atoms with Gasteiger partial charge in [-0.15, -0.1) is 0 Å². The Morgan fingerprint density at radius 1 is 1.30 bits per heavy atom. The van der Waals surface area contributed by atoms with Crippen molar-refractivity contribution in [1.29, 1.82) is 0 Å². The van der Waals surface area contributed by atoms with E-state index in [1.807, 2.05) is 14.1 Å². The summed E-state index contributed by atoms with van der Waals surface area (Å²) < 4.78 is 1.54. The molecular formula is C19H18ClN5O2. The first-order chi connectivity index (χ1) is 13.1. The first-order valence-electron chi connectivity index (χ1n) is 8.59. The molecule has 1 aromatic carbocycles. The summed E-state index contributed by atoms with van der Waals surface area (Å²) >= 11 is 6.17. The van der Waals surface area contributed by atoms with E-state index < -0.39 is 0 Å². The molecule has 4 rings (SSSR count). The standard InChI is InChI=1S/C19H18ClN5O2/c1-24(2)9-4-10-27-23-16-14-11-12(20)6-7-15(14)25-18(16)22-17-13(19(25)26)5-3-8-21-17/h3,5-8,11H,4,9-10H2,1-2H3/b23-16+. The zero-order chi connectivity index (χ0) is 19.0. The third-order valence-electron chi connectivity index (χ3n) is 4.31. The second-order valence-corrected chi connectivity index (χ2v) is 6.98. The van der Waals surface area contributed by atoms with Gasteiger partial charge in [0, 0.05) is 23.3 Å². The molecule has 7 nitrogen and oxygen atoms in total. The summed E-state index contributed by atoms with van der Waals surface area (Å²) in [6.07, 6.45) is 2.45. The van der Waals surface area contributed by atoms with Gasteiger partial charge in [-0.05, 0) is 50.8 Å². The van der Waals surface area contributed by atoms with E-state index in [2.05, 4.69) is 20.0 Å². The Bertz CT molecular complexity index is 1110. The van der Waals surface area contributed by atoms with Crippen LogP contribution in [0.4, 0.5) is 0 Å². The zero-order valence-corrected chi connectivity index (χ0v) is 15.8. The highest BCUT2D eigenvalue weighted by atomic mass is 35.5. The summed E-state index contributed by atoms with van der Waals surface area (Å²) in [5.74, 6) is 0.413. The van der Waals surface area contributed by atoms with E-state index in [-0.39, 0.29) is 5.56 Å². The van der Waals surface area contributed by atoms with Gasteiger partial charge in [-0.2, -0.15) is 0 Å². The predicted octanol–water partition coefficient (Wildman–Crippen LogP) is 2.47. The van der Waals surface area contributed by atoms with E-state index in [0.29, 0.717) is 39.9 Å². The van der Waals surface area contributed by atoms with Crippen LogP contribution in [0.2, 0.25) is 5.02 Å². The van der Waals surface area contributed by atoms with Crippen LogP contribution in [0.1, 0.15) is 17.8 Å². The molecule has 0 saturated heterocycles. The van der Waals surface area contributed by atoms with Crippen LogP contribution < -0.4 is 5.56 Å². The molecule has 0 unspecified atom stereocenters. The van der Waals surface area contributed by atoms with Crippen molar-refractivity contribution in [3.63, 3.8) is 0 Å². The van der Waals surface area contributed by atoms with E-state index in [1.54, 1.807) is 36.5 Å². The van der Waals surface area contributed by atoms with Crippen LogP contribution in [-0.4, -0.2) is 52.4 Å². The lowest BCUT2D eigenvalue weighted by Crippen LogP contribution is -2.22. The Balaban J connectivity index is 1.81. The second-order valence-electron chi connectivity index (χ2n) is 6.54. The highest BCUT2D eigenvalue weighted by Crippen LogP contribution is 2.29. The second kappa shape index (κ2) is 7.09. The van der Waals surface area contributed by atoms with Crippen LogP contribution >= 0.6 is 11.6 Å². The lowest BCUT2D eigenvalue weighted by atomic mass is 10.1. The number of hydrogen-bond acceptors (Lipinski definition) is 6. The molecule has 0 fully saturated rings. The SMILES string of the molecule is CN(C)CCCO/N=C1\c2cc(Cl)ccc2-n2c1nc1ncccc1c2=O. The molecule has 0 N–H and O–H groups in total. The van der Waals surface area contributed by atoms with E-state index >= 15 is 0 Å². The van der Waals surface area contributed by atoms with Gasteiger partial charge in [0.2, 0.25) is 0 Å². The van der Waals surface area contributed by atoms with Crippen molar-refractivity contribution >= 4 is 28.3 Å². The molecule has 138 valence electrons. The molecule has 0 bridgehead atoms. The molecule has 8 heteroatoms. The van der Waals surface area contributed by atoms with Crippen LogP contribution in [0.3, 0.4) is 0 Å². The molecular weight excluding hydrogens is 366 g/mol. The van der Waals surface area contributed by atoms with Crippen molar-refractivity contribution in [2.45, 2.75) is 6.42 Å². The Hall–Kier alpha value is -2.77. The van der Waals surface area contributed by atoms with E-state index in [4.69, 9.17) is 16.4 Å². The molecule has 3 aromatic rings. The molecule has 1 aliphatic rings. The molecule has 27 heavy (non-hydrogen) atoms. The number of hydrogen-bond donors (Lipinski definition) is 0. The van der Waals surface area contributed by atoms with Gasteiger partial charge in [0.15, 0.2) is 17.2 Å². The van der Waals surface area contributed by atoms with Crippen LogP contribution in [0.5, 0.6) is 0 Å². The topological polar surface area (TPSA) is 72.6 Å². The number of halogens is 1. The smallest absolute Gasteiger partial charge is 0.267 e. The van der Waals surface area contributed by atoms with Gasteiger partial charge < -0.3 is 9.74 Å². The minimum Gasteiger partial charge on any atom is -0.395 e. The van der Waals surface area contributed by atoms with Gasteiger partial charge in [0.05, 0.1) is 11.1 Å². The molecule has 1 aliphatic heterocycles. The number of aromatic nitrogens is 3. The fourth-order valence-electron chi connectivity index (χ4n) is 3.06. The van der Waals surface area contributed by atoms with Gasteiger partial charge in [0.1, 0.15) is 6.61 Å². The number of oxime groups is 1. The maximum Gasteiger partial charge on any atom is 0.267 e. The number of pyridine rings is 1. The lowest BCUT2D eigenvalue weighted by Gasteiger charge is -2.08. The Morgan fingerprint density at radius 2 is 2.15 bits per heavy atom. The third kappa shape index (κ3) is 3.20. The molecule has 0 aliphatic carbocycles. The van der Waals surface area contributed by atoms with Crippen molar-refractivity contribution in [1.82, 2.24) is 19.4 Å². The monoisotopic (exact) mass is 383 g/mol. The van der Waals surface area contributed by atoms with Crippen molar-refractivity contribution in [2.75, 3.05) is 27.2 Å². The first-order valence-corrected chi connectivity index (χ1v) is 8.97. The van der Waals surface area contributed by atoms with E-state index in [0.717, 1.165) is 18.5 Å². The van der Waals surface area contributed by atoms with Crippen molar-refractivity contribution in [3.05, 3.63) is 63.3 Å². The average molecular weight is 384 g/mol. The fourth-order valence-corrected chi connectivity index (χ4v) is 3.23. The lowest BCUT2D eigenvalue weighted by molar-refractivity contribution is 0.135. The number of fused-ring (bicyclic) bond motifs is 4. The van der Waals surface area contributed by atoms with Crippen molar-refractivity contribution < 1.29 is 4.84 Å². The van der Waals surface area contributed by atoms with Gasteiger partial charge >= 0.3 is 0 Å². The van der Waals surface area contributed by atoms with Gasteiger partial charge in [-0.3, -0.25) is 9.36 Å². The minimum absolute atomic E-state index is 0.190. The molecule has 3 heterocycles. The quantitative estimate of drug-likeness (QED) is 0.391. The molecule has 2 aromatic heterocycles. The summed E-state index contributed by atoms with van der Waals surface area (Å²) in [6, 6.07) is 8.74. The van der Waals surface area contributed by atoms with E-state index in [9.17, 15) is 4.79 Å². The largest absolute Gasteiger partial charge is 0.395 e. The molecule has 0 atom stereocenters. The molecule has 0 amide bonds. The van der Waals surface area contributed by atoms with Gasteiger partial charge in [-0.1, -0.05) is 16.8 Å². The zero-order valence-electron chi connectivity index (χ0n) is 15.0. The Kier molecular flexibility index (Phi) is 4.63. The molecule has 0 saturated carbocycles. The fraction of sp³-hybridized carbons (Fsp3) is 0.263. The van der Waals surface area contributed by atoms with Crippen molar-refractivity contribution in [2.24, 2.45) is 5.16 Å².